The lowest BCUT2D eigenvalue weighted by atomic mass is 9.98. The molecule has 0 aromatic carbocycles. The molecule has 1 aliphatic rings. The molecule has 17 heavy (non-hydrogen) atoms. The summed E-state index contributed by atoms with van der Waals surface area (Å²) in [7, 11) is 0. The van der Waals surface area contributed by atoms with Crippen LogP contribution >= 0.6 is 0 Å². The molecule has 1 aliphatic heterocycles. The van der Waals surface area contributed by atoms with Crippen LogP contribution in [0.15, 0.2) is 21.9 Å². The molecule has 0 saturated carbocycles. The van der Waals surface area contributed by atoms with E-state index in [0.717, 1.165) is 0 Å². The topological polar surface area (TPSA) is 105 Å². The summed E-state index contributed by atoms with van der Waals surface area (Å²) in [5.41, 5.74) is -2.29. The van der Waals surface area contributed by atoms with E-state index in [0.29, 0.717) is 0 Å². The Morgan fingerprint density at radius 2 is 2.35 bits per heavy atom. The van der Waals surface area contributed by atoms with Gasteiger partial charge in [0.25, 0.3) is 5.56 Å². The van der Waals surface area contributed by atoms with E-state index in [-0.39, 0.29) is 13.0 Å². The van der Waals surface area contributed by atoms with E-state index in [4.69, 9.17) is 9.84 Å². The number of aliphatic hydroxyl groups is 2. The number of nitrogens with zero attached hydrogens (tertiary/aromatic N) is 1. The first-order valence-electron chi connectivity index (χ1n) is 5.24. The number of nitrogens with one attached hydrogen (secondary N) is 1. The predicted molar refractivity (Wildman–Crippen MR) is 57.6 cm³/mol. The van der Waals surface area contributed by atoms with E-state index in [9.17, 15) is 14.7 Å². The van der Waals surface area contributed by atoms with Gasteiger partial charge in [-0.25, -0.2) is 4.79 Å². The van der Waals surface area contributed by atoms with Gasteiger partial charge in [0, 0.05) is 18.7 Å². The van der Waals surface area contributed by atoms with Gasteiger partial charge in [0.2, 0.25) is 0 Å². The molecule has 1 aromatic heterocycles. The maximum atomic E-state index is 11.5. The normalized spacial score (nSPS) is 32.9. The van der Waals surface area contributed by atoms with Crippen molar-refractivity contribution in [3.63, 3.8) is 0 Å². The Balaban J connectivity index is 2.32. The van der Waals surface area contributed by atoms with Crippen molar-refractivity contribution in [3.8, 4) is 0 Å². The minimum Gasteiger partial charge on any atom is -0.394 e. The van der Waals surface area contributed by atoms with Crippen LogP contribution in [0.25, 0.3) is 0 Å². The van der Waals surface area contributed by atoms with Gasteiger partial charge in [0.1, 0.15) is 12.3 Å². The van der Waals surface area contributed by atoms with Crippen LogP contribution in [0.5, 0.6) is 0 Å². The summed E-state index contributed by atoms with van der Waals surface area (Å²) >= 11 is 0. The molecule has 3 N–H and O–H groups in total. The minimum atomic E-state index is -1.20. The first kappa shape index (κ1) is 12.0. The third kappa shape index (κ3) is 2.17. The third-order valence-corrected chi connectivity index (χ3v) is 2.93. The van der Waals surface area contributed by atoms with Crippen molar-refractivity contribution in [3.05, 3.63) is 33.1 Å². The fraction of sp³-hybridized carbons (Fsp3) is 0.600. The van der Waals surface area contributed by atoms with Crippen molar-refractivity contribution < 1.29 is 14.9 Å². The molecular weight excluding hydrogens is 228 g/mol. The van der Waals surface area contributed by atoms with Crippen molar-refractivity contribution in [2.75, 3.05) is 6.61 Å². The van der Waals surface area contributed by atoms with Gasteiger partial charge >= 0.3 is 5.69 Å². The predicted octanol–water partition coefficient (Wildman–Crippen LogP) is -1.43. The van der Waals surface area contributed by atoms with E-state index in [1.54, 1.807) is 0 Å². The van der Waals surface area contributed by atoms with Crippen molar-refractivity contribution >= 4 is 0 Å². The molecule has 0 spiro atoms. The summed E-state index contributed by atoms with van der Waals surface area (Å²) < 4.78 is 6.56. The van der Waals surface area contributed by atoms with Crippen molar-refractivity contribution in [1.82, 2.24) is 9.55 Å². The molecule has 2 heterocycles. The maximum Gasteiger partial charge on any atom is 0.330 e. The molecule has 0 amide bonds. The lowest BCUT2D eigenvalue weighted by Gasteiger charge is -2.20. The molecule has 7 heteroatoms. The van der Waals surface area contributed by atoms with Crippen LogP contribution in [0, 0.1) is 0 Å². The summed E-state index contributed by atoms with van der Waals surface area (Å²) in [5, 5.41) is 19.0. The number of aromatic amines is 1. The molecule has 0 aliphatic carbocycles. The van der Waals surface area contributed by atoms with Gasteiger partial charge in [-0.1, -0.05) is 0 Å². The highest BCUT2D eigenvalue weighted by Crippen LogP contribution is 2.35. The largest absolute Gasteiger partial charge is 0.394 e. The van der Waals surface area contributed by atoms with Gasteiger partial charge in [0.15, 0.2) is 0 Å². The van der Waals surface area contributed by atoms with Crippen LogP contribution < -0.4 is 11.2 Å². The summed E-state index contributed by atoms with van der Waals surface area (Å²) in [4.78, 5) is 24.5. The Labute approximate surface area is 96.3 Å². The quantitative estimate of drug-likeness (QED) is 0.589. The highest BCUT2D eigenvalue weighted by molar-refractivity contribution is 4.94. The lowest BCUT2D eigenvalue weighted by molar-refractivity contribution is -0.0753. The molecule has 0 bridgehead atoms. The third-order valence-electron chi connectivity index (χ3n) is 2.93. The molecule has 0 radical (unpaired) electrons. The van der Waals surface area contributed by atoms with Crippen molar-refractivity contribution in [1.29, 1.82) is 0 Å². The molecule has 0 unspecified atom stereocenters. The monoisotopic (exact) mass is 242 g/mol. The second-order valence-corrected chi connectivity index (χ2v) is 4.34. The minimum absolute atomic E-state index is 0.171. The van der Waals surface area contributed by atoms with E-state index in [1.807, 2.05) is 0 Å². The van der Waals surface area contributed by atoms with Crippen molar-refractivity contribution in [2.24, 2.45) is 0 Å². The highest BCUT2D eigenvalue weighted by Gasteiger charge is 2.44. The number of aliphatic hydroxyl groups excluding tert-OH is 1. The SMILES string of the molecule is C[C@]1(O)C[C@H](n2ccc(=O)[nH]c2=O)O[C@@H]1CO. The Hall–Kier alpha value is -1.44. The van der Waals surface area contributed by atoms with E-state index < -0.39 is 29.2 Å². The smallest absolute Gasteiger partial charge is 0.330 e. The zero-order valence-electron chi connectivity index (χ0n) is 9.29. The second kappa shape index (κ2) is 4.10. The van der Waals surface area contributed by atoms with Gasteiger partial charge in [0.05, 0.1) is 12.2 Å². The molecule has 1 saturated heterocycles. The van der Waals surface area contributed by atoms with E-state index >= 15 is 0 Å². The lowest BCUT2D eigenvalue weighted by Crippen LogP contribution is -2.37. The van der Waals surface area contributed by atoms with Crippen LogP contribution in [0.4, 0.5) is 0 Å². The fourth-order valence-electron chi connectivity index (χ4n) is 1.93. The maximum absolute atomic E-state index is 11.5. The first-order valence-corrected chi connectivity index (χ1v) is 5.24. The molecule has 94 valence electrons. The zero-order valence-corrected chi connectivity index (χ0v) is 9.29. The highest BCUT2D eigenvalue weighted by atomic mass is 16.5. The zero-order chi connectivity index (χ0) is 12.6. The van der Waals surface area contributed by atoms with Gasteiger partial charge in [-0.3, -0.25) is 14.3 Å². The Bertz CT molecular complexity index is 518. The molecule has 1 fully saturated rings. The molecule has 3 atom stereocenters. The van der Waals surface area contributed by atoms with E-state index in [1.165, 1.54) is 23.8 Å². The van der Waals surface area contributed by atoms with Crippen LogP contribution in [-0.4, -0.2) is 38.1 Å². The van der Waals surface area contributed by atoms with Crippen LogP contribution in [-0.2, 0) is 4.74 Å². The number of hydrogen-bond acceptors (Lipinski definition) is 5. The fourth-order valence-corrected chi connectivity index (χ4v) is 1.93. The number of hydrogen-bond donors (Lipinski definition) is 3. The Morgan fingerprint density at radius 1 is 1.65 bits per heavy atom. The number of rotatable bonds is 2. The van der Waals surface area contributed by atoms with Gasteiger partial charge < -0.3 is 14.9 Å². The first-order chi connectivity index (χ1) is 7.94. The van der Waals surface area contributed by atoms with Crippen LogP contribution in [0.3, 0.4) is 0 Å². The summed E-state index contributed by atoms with van der Waals surface area (Å²) in [5.74, 6) is 0. The molecule has 7 nitrogen and oxygen atoms in total. The number of ether oxygens (including phenoxy) is 1. The standard InChI is InChI=1S/C10H14N2O5/c1-10(16)4-8(17-6(10)5-13)12-3-2-7(14)11-9(12)15/h2-3,6,8,13,16H,4-5H2,1H3,(H,11,14,15)/t6-,8-,10+/m1/s1. The van der Waals surface area contributed by atoms with Gasteiger partial charge in [-0.05, 0) is 6.92 Å². The average molecular weight is 242 g/mol. The average Bonchev–Trinajstić information content (AvgIpc) is 2.53. The number of H-pyrrole nitrogens is 1. The summed E-state index contributed by atoms with van der Waals surface area (Å²) in [6, 6.07) is 1.20. The van der Waals surface area contributed by atoms with Crippen LogP contribution in [0.1, 0.15) is 19.6 Å². The van der Waals surface area contributed by atoms with Gasteiger partial charge in [-0.2, -0.15) is 0 Å². The Kier molecular flexibility index (Phi) is 2.90. The van der Waals surface area contributed by atoms with E-state index in [2.05, 4.69) is 4.98 Å². The summed E-state index contributed by atoms with van der Waals surface area (Å²) in [6.07, 6.45) is 0.0455. The molecule has 2 rings (SSSR count). The van der Waals surface area contributed by atoms with Crippen LogP contribution in [0.2, 0.25) is 0 Å². The molecular formula is C10H14N2O5. The van der Waals surface area contributed by atoms with Gasteiger partial charge in [-0.15, -0.1) is 0 Å². The second-order valence-electron chi connectivity index (χ2n) is 4.34. The Morgan fingerprint density at radius 3 is 2.88 bits per heavy atom. The number of aromatic nitrogens is 2. The molecule has 1 aromatic rings. The summed E-state index contributed by atoms with van der Waals surface area (Å²) in [6.45, 7) is 1.20. The van der Waals surface area contributed by atoms with Crippen molar-refractivity contribution in [2.45, 2.75) is 31.3 Å².